The van der Waals surface area contributed by atoms with Gasteiger partial charge in [-0.25, -0.2) is 4.39 Å². The molecule has 296 valence electrons. The van der Waals surface area contributed by atoms with E-state index in [1.807, 2.05) is 79.3 Å². The SMILES string of the molecule is CC[C@H](C)[C@@H]([C@@H](CC(=O)N1CCC[C@H]1[C@H](OC)[C@@H](C)C(=O)N[C@H](C)Cc1ccc(F)cc1)OC)N(C)C(=O)[C@@H](NC(=O)[C@H](C(C)C)N(C)C)C(C)C. The van der Waals surface area contributed by atoms with Crippen molar-refractivity contribution in [3.8, 4) is 0 Å². The molecule has 11 nitrogen and oxygen atoms in total. The summed E-state index contributed by atoms with van der Waals surface area (Å²) in [5.41, 5.74) is 0.919. The van der Waals surface area contributed by atoms with Crippen LogP contribution in [0.15, 0.2) is 24.3 Å². The summed E-state index contributed by atoms with van der Waals surface area (Å²) < 4.78 is 25.3. The highest BCUT2D eigenvalue weighted by Crippen LogP contribution is 2.30. The lowest BCUT2D eigenvalue weighted by Crippen LogP contribution is -2.59. The Morgan fingerprint density at radius 3 is 2.02 bits per heavy atom. The van der Waals surface area contributed by atoms with Gasteiger partial charge in [-0.15, -0.1) is 0 Å². The number of hydrogen-bond donors (Lipinski definition) is 2. The maximum Gasteiger partial charge on any atom is 0.245 e. The predicted molar refractivity (Wildman–Crippen MR) is 203 cm³/mol. The quantitative estimate of drug-likeness (QED) is 0.202. The van der Waals surface area contributed by atoms with Crippen molar-refractivity contribution < 1.29 is 33.0 Å². The van der Waals surface area contributed by atoms with Crippen molar-refractivity contribution >= 4 is 23.6 Å². The highest BCUT2D eigenvalue weighted by atomic mass is 19.1. The molecule has 4 amide bonds. The highest BCUT2D eigenvalue weighted by molar-refractivity contribution is 5.90. The van der Waals surface area contributed by atoms with E-state index in [1.54, 1.807) is 38.3 Å². The van der Waals surface area contributed by atoms with E-state index in [0.717, 1.165) is 18.4 Å². The van der Waals surface area contributed by atoms with E-state index < -0.39 is 36.3 Å². The monoisotopic (exact) mass is 734 g/mol. The van der Waals surface area contributed by atoms with Gasteiger partial charge in [0.25, 0.3) is 0 Å². The Bertz CT molecular complexity index is 1290. The molecule has 1 heterocycles. The number of halogens is 1. The van der Waals surface area contributed by atoms with Crippen LogP contribution in [-0.2, 0) is 35.1 Å². The molecule has 0 aliphatic carbocycles. The second-order valence-electron chi connectivity index (χ2n) is 15.7. The van der Waals surface area contributed by atoms with Gasteiger partial charge in [-0.2, -0.15) is 0 Å². The van der Waals surface area contributed by atoms with Crippen molar-refractivity contribution in [2.24, 2.45) is 23.7 Å². The summed E-state index contributed by atoms with van der Waals surface area (Å²) in [6.07, 6.45) is 1.66. The maximum absolute atomic E-state index is 14.2. The van der Waals surface area contributed by atoms with Crippen LogP contribution in [0.5, 0.6) is 0 Å². The number of rotatable bonds is 20. The number of benzene rings is 1. The molecule has 1 aromatic carbocycles. The first-order valence-electron chi connectivity index (χ1n) is 19.0. The summed E-state index contributed by atoms with van der Waals surface area (Å²) in [5.74, 6) is -1.70. The lowest BCUT2D eigenvalue weighted by atomic mass is 9.89. The zero-order chi connectivity index (χ0) is 39.4. The lowest BCUT2D eigenvalue weighted by Gasteiger charge is -2.41. The molecule has 12 heteroatoms. The van der Waals surface area contributed by atoms with E-state index in [4.69, 9.17) is 9.47 Å². The van der Waals surface area contributed by atoms with Gasteiger partial charge in [-0.05, 0) is 75.7 Å². The van der Waals surface area contributed by atoms with Crippen molar-refractivity contribution in [3.05, 3.63) is 35.6 Å². The molecule has 0 radical (unpaired) electrons. The van der Waals surface area contributed by atoms with Crippen LogP contribution >= 0.6 is 0 Å². The van der Waals surface area contributed by atoms with Crippen LogP contribution in [0.3, 0.4) is 0 Å². The first kappa shape index (κ1) is 45.1. The molecule has 1 aliphatic rings. The summed E-state index contributed by atoms with van der Waals surface area (Å²) in [6.45, 7) is 16.1. The zero-order valence-electron chi connectivity index (χ0n) is 34.1. The molecule has 0 spiro atoms. The zero-order valence-corrected chi connectivity index (χ0v) is 34.1. The fraction of sp³-hybridized carbons (Fsp3) is 0.750. The number of ether oxygens (including phenoxy) is 2. The average Bonchev–Trinajstić information content (AvgIpc) is 3.56. The Balaban J connectivity index is 2.23. The molecule has 2 N–H and O–H groups in total. The smallest absolute Gasteiger partial charge is 0.245 e. The molecular weight excluding hydrogens is 665 g/mol. The molecule has 1 saturated heterocycles. The minimum atomic E-state index is -0.755. The van der Waals surface area contributed by atoms with Crippen molar-refractivity contribution in [2.75, 3.05) is 41.9 Å². The van der Waals surface area contributed by atoms with Gasteiger partial charge in [0.05, 0.1) is 42.7 Å². The summed E-state index contributed by atoms with van der Waals surface area (Å²) >= 11 is 0. The maximum atomic E-state index is 14.2. The number of likely N-dealkylation sites (N-methyl/N-ethyl adjacent to an activating group) is 2. The number of methoxy groups -OCH3 is 2. The van der Waals surface area contributed by atoms with Gasteiger partial charge in [0.15, 0.2) is 0 Å². The lowest BCUT2D eigenvalue weighted by molar-refractivity contribution is -0.148. The summed E-state index contributed by atoms with van der Waals surface area (Å²) in [4.78, 5) is 60.5. The molecule has 0 aromatic heterocycles. The first-order chi connectivity index (χ1) is 24.4. The van der Waals surface area contributed by atoms with Crippen molar-refractivity contribution in [3.63, 3.8) is 0 Å². The molecule has 1 aromatic rings. The van der Waals surface area contributed by atoms with Crippen LogP contribution in [0.2, 0.25) is 0 Å². The van der Waals surface area contributed by atoms with Gasteiger partial charge in [-0.1, -0.05) is 67.0 Å². The van der Waals surface area contributed by atoms with E-state index in [9.17, 15) is 23.6 Å². The molecular formula is C40H68FN5O6. The molecule has 9 atom stereocenters. The Morgan fingerprint density at radius 1 is 0.904 bits per heavy atom. The third-order valence-corrected chi connectivity index (χ3v) is 10.8. The van der Waals surface area contributed by atoms with E-state index in [2.05, 4.69) is 10.6 Å². The average molecular weight is 734 g/mol. The molecule has 52 heavy (non-hydrogen) atoms. The standard InChI is InChI=1S/C40H68FN5O6/c1-14-26(6)36(45(11)40(50)34(24(2)3)43-39(49)35(25(4)5)44(9)10)32(51-12)23-33(47)46-21-15-16-31(46)37(52-13)28(8)38(48)42-27(7)22-29-17-19-30(41)20-18-29/h17-20,24-28,31-32,34-37H,14-16,21-23H2,1-13H3,(H,42,48)(H,43,49)/t26-,27+,28+,31-,32+,34-,35-,36-,37+/m0/s1. The fourth-order valence-corrected chi connectivity index (χ4v) is 7.81. The van der Waals surface area contributed by atoms with E-state index in [-0.39, 0.29) is 65.7 Å². The van der Waals surface area contributed by atoms with Crippen LogP contribution in [0.4, 0.5) is 4.39 Å². The second kappa shape index (κ2) is 21.0. The third kappa shape index (κ3) is 12.0. The van der Waals surface area contributed by atoms with Crippen LogP contribution < -0.4 is 10.6 Å². The van der Waals surface area contributed by atoms with Crippen molar-refractivity contribution in [1.29, 1.82) is 0 Å². The molecule has 1 fully saturated rings. The topological polar surface area (TPSA) is 121 Å². The largest absolute Gasteiger partial charge is 0.379 e. The van der Waals surface area contributed by atoms with Gasteiger partial charge in [0.1, 0.15) is 11.9 Å². The Morgan fingerprint density at radius 2 is 1.52 bits per heavy atom. The van der Waals surface area contributed by atoms with Crippen molar-refractivity contribution in [1.82, 2.24) is 25.3 Å². The highest BCUT2D eigenvalue weighted by Gasteiger charge is 2.43. The minimum Gasteiger partial charge on any atom is -0.379 e. The molecule has 0 unspecified atom stereocenters. The summed E-state index contributed by atoms with van der Waals surface area (Å²) in [5, 5.41) is 6.10. The molecule has 1 aliphatic heterocycles. The van der Waals surface area contributed by atoms with Gasteiger partial charge >= 0.3 is 0 Å². The molecule has 0 saturated carbocycles. The molecule has 2 rings (SSSR count). The molecule has 0 bridgehead atoms. The Labute approximate surface area is 312 Å². The van der Waals surface area contributed by atoms with E-state index in [1.165, 1.54) is 12.1 Å². The van der Waals surface area contributed by atoms with Gasteiger partial charge in [-0.3, -0.25) is 24.1 Å². The van der Waals surface area contributed by atoms with Crippen LogP contribution in [0.1, 0.15) is 86.6 Å². The number of amides is 4. The van der Waals surface area contributed by atoms with Crippen molar-refractivity contribution in [2.45, 2.75) is 130 Å². The van der Waals surface area contributed by atoms with Gasteiger partial charge < -0.3 is 29.9 Å². The third-order valence-electron chi connectivity index (χ3n) is 10.8. The van der Waals surface area contributed by atoms with Crippen LogP contribution in [-0.4, -0.2) is 123 Å². The van der Waals surface area contributed by atoms with Crippen LogP contribution in [0, 0.1) is 29.5 Å². The summed E-state index contributed by atoms with van der Waals surface area (Å²) in [6, 6.07) is 4.16. The number of likely N-dealkylation sites (tertiary alicyclic amines) is 1. The van der Waals surface area contributed by atoms with E-state index in [0.29, 0.717) is 19.4 Å². The second-order valence-corrected chi connectivity index (χ2v) is 15.7. The minimum absolute atomic E-state index is 0.0119. The van der Waals surface area contributed by atoms with E-state index >= 15 is 0 Å². The van der Waals surface area contributed by atoms with Gasteiger partial charge in [0, 0.05) is 33.9 Å². The Hall–Kier alpha value is -3.09. The number of carbonyl (C=O) groups is 4. The fourth-order valence-electron chi connectivity index (χ4n) is 7.81. The predicted octanol–water partition coefficient (Wildman–Crippen LogP) is 4.52. The Kier molecular flexibility index (Phi) is 18.2. The number of nitrogens with one attached hydrogen (secondary N) is 2. The van der Waals surface area contributed by atoms with Gasteiger partial charge in [0.2, 0.25) is 23.6 Å². The number of carbonyl (C=O) groups excluding carboxylic acids is 4. The first-order valence-corrected chi connectivity index (χ1v) is 19.0. The number of nitrogens with zero attached hydrogens (tertiary/aromatic N) is 3. The normalized spacial score (nSPS) is 19.5. The van der Waals surface area contributed by atoms with Crippen LogP contribution in [0.25, 0.3) is 0 Å². The number of hydrogen-bond acceptors (Lipinski definition) is 7. The summed E-state index contributed by atoms with van der Waals surface area (Å²) in [7, 11) is 8.59.